The molecule has 1 saturated heterocycles. The Morgan fingerprint density at radius 3 is 2.42 bits per heavy atom. The smallest absolute Gasteiger partial charge is 0.324 e. The highest BCUT2D eigenvalue weighted by molar-refractivity contribution is 5.99. The Balaban J connectivity index is 1.32. The fourth-order valence-corrected chi connectivity index (χ4v) is 4.29. The van der Waals surface area contributed by atoms with Gasteiger partial charge in [0.1, 0.15) is 34.8 Å². The van der Waals surface area contributed by atoms with Gasteiger partial charge in [0.15, 0.2) is 0 Å². The topological polar surface area (TPSA) is 97.7 Å². The third-order valence-electron chi connectivity index (χ3n) is 6.42. The molecule has 3 aromatic rings. The molecule has 1 aromatic heterocycles. The summed E-state index contributed by atoms with van der Waals surface area (Å²) in [5, 5.41) is 10.1. The van der Waals surface area contributed by atoms with E-state index in [4.69, 9.17) is 9.47 Å². The maximum atomic E-state index is 14.3. The SMILES string of the molecule is COc1cccc(F)c1C(=O)N1CCC(Oc2cccc(NC(=O)Nc3cc(C(C)(C)C)nn3C)c2)CC1. The predicted molar refractivity (Wildman–Crippen MR) is 143 cm³/mol. The van der Waals surface area contributed by atoms with Gasteiger partial charge in [0.05, 0.1) is 12.8 Å². The number of urea groups is 1. The lowest BCUT2D eigenvalue weighted by atomic mass is 9.92. The average molecular weight is 524 g/mol. The number of carbonyl (C=O) groups is 2. The van der Waals surface area contributed by atoms with Crippen molar-refractivity contribution in [2.24, 2.45) is 7.05 Å². The number of hydrogen-bond acceptors (Lipinski definition) is 5. The molecule has 202 valence electrons. The van der Waals surface area contributed by atoms with Crippen LogP contribution in [0.4, 0.5) is 20.7 Å². The van der Waals surface area contributed by atoms with Crippen molar-refractivity contribution in [2.75, 3.05) is 30.8 Å². The summed E-state index contributed by atoms with van der Waals surface area (Å²) in [7, 11) is 3.20. The first kappa shape index (κ1) is 27.0. The summed E-state index contributed by atoms with van der Waals surface area (Å²) in [5.41, 5.74) is 1.28. The molecule has 2 aromatic carbocycles. The summed E-state index contributed by atoms with van der Waals surface area (Å²) in [5.74, 6) is 0.436. The number of rotatable bonds is 6. The zero-order valence-electron chi connectivity index (χ0n) is 22.4. The molecule has 0 aliphatic carbocycles. The Bertz CT molecular complexity index is 1310. The predicted octanol–water partition coefficient (Wildman–Crippen LogP) is 5.19. The van der Waals surface area contributed by atoms with Gasteiger partial charge < -0.3 is 19.7 Å². The van der Waals surface area contributed by atoms with E-state index in [-0.39, 0.29) is 28.9 Å². The Morgan fingerprint density at radius 1 is 1.05 bits per heavy atom. The van der Waals surface area contributed by atoms with Crippen molar-refractivity contribution in [2.45, 2.75) is 45.1 Å². The number of benzene rings is 2. The van der Waals surface area contributed by atoms with Crippen molar-refractivity contribution in [1.29, 1.82) is 0 Å². The van der Waals surface area contributed by atoms with Gasteiger partial charge in [-0.2, -0.15) is 5.10 Å². The molecule has 9 nitrogen and oxygen atoms in total. The van der Waals surface area contributed by atoms with Gasteiger partial charge in [0.2, 0.25) is 0 Å². The number of amides is 3. The second-order valence-corrected chi connectivity index (χ2v) is 10.3. The lowest BCUT2D eigenvalue weighted by Crippen LogP contribution is -2.42. The molecule has 3 amide bonds. The molecular weight excluding hydrogens is 489 g/mol. The van der Waals surface area contributed by atoms with Crippen LogP contribution in [0, 0.1) is 5.82 Å². The van der Waals surface area contributed by atoms with E-state index in [9.17, 15) is 14.0 Å². The number of nitrogens with one attached hydrogen (secondary N) is 2. The number of likely N-dealkylation sites (tertiary alicyclic amines) is 1. The Kier molecular flexibility index (Phi) is 7.89. The van der Waals surface area contributed by atoms with Gasteiger partial charge in [0, 0.05) is 56.2 Å². The number of hydrogen-bond donors (Lipinski definition) is 2. The van der Waals surface area contributed by atoms with E-state index < -0.39 is 11.7 Å². The monoisotopic (exact) mass is 523 g/mol. The molecule has 0 atom stereocenters. The number of carbonyl (C=O) groups excluding carboxylic acids is 2. The van der Waals surface area contributed by atoms with Crippen molar-refractivity contribution in [1.82, 2.24) is 14.7 Å². The number of anilines is 2. The molecule has 2 N–H and O–H groups in total. The molecule has 0 radical (unpaired) electrons. The second-order valence-electron chi connectivity index (χ2n) is 10.3. The highest BCUT2D eigenvalue weighted by Gasteiger charge is 2.28. The number of nitrogens with zero attached hydrogens (tertiary/aromatic N) is 3. The Morgan fingerprint density at radius 2 is 1.76 bits per heavy atom. The van der Waals surface area contributed by atoms with E-state index in [2.05, 4.69) is 36.5 Å². The molecule has 1 fully saturated rings. The molecule has 10 heteroatoms. The van der Waals surface area contributed by atoms with Crippen molar-refractivity contribution in [3.05, 3.63) is 65.6 Å². The van der Waals surface area contributed by atoms with Crippen molar-refractivity contribution < 1.29 is 23.5 Å². The van der Waals surface area contributed by atoms with Gasteiger partial charge in [-0.1, -0.05) is 32.9 Å². The third kappa shape index (κ3) is 6.24. The van der Waals surface area contributed by atoms with Gasteiger partial charge >= 0.3 is 6.03 Å². The van der Waals surface area contributed by atoms with Crippen LogP contribution in [0.2, 0.25) is 0 Å². The lowest BCUT2D eigenvalue weighted by molar-refractivity contribution is 0.0588. The molecule has 2 heterocycles. The van der Waals surface area contributed by atoms with Gasteiger partial charge in [-0.25, -0.2) is 9.18 Å². The molecule has 0 bridgehead atoms. The number of aryl methyl sites for hydroxylation is 1. The molecule has 0 spiro atoms. The minimum Gasteiger partial charge on any atom is -0.496 e. The number of ether oxygens (including phenoxy) is 2. The van der Waals surface area contributed by atoms with Gasteiger partial charge in [-0.05, 0) is 24.3 Å². The van der Waals surface area contributed by atoms with Gasteiger partial charge in [-0.3, -0.25) is 14.8 Å². The highest BCUT2D eigenvalue weighted by atomic mass is 19.1. The first-order valence-electron chi connectivity index (χ1n) is 12.6. The van der Waals surface area contributed by atoms with Gasteiger partial charge in [0.25, 0.3) is 5.91 Å². The second kappa shape index (κ2) is 11.1. The standard InChI is InChI=1S/C28H34FN5O4/c1-28(2,3)23-17-24(33(4)32-23)31-27(36)30-18-8-6-9-20(16-18)38-19-12-14-34(15-13-19)26(35)25-21(29)10-7-11-22(25)37-5/h6-11,16-17,19H,12-15H2,1-5H3,(H2,30,31,36). The molecule has 1 aliphatic heterocycles. The quantitative estimate of drug-likeness (QED) is 0.463. The minimum atomic E-state index is -0.598. The summed E-state index contributed by atoms with van der Waals surface area (Å²) in [6.45, 7) is 7.05. The molecule has 0 unspecified atom stereocenters. The summed E-state index contributed by atoms with van der Waals surface area (Å²) in [6.07, 6.45) is 1.07. The van der Waals surface area contributed by atoms with Crippen LogP contribution in [-0.4, -0.2) is 52.9 Å². The summed E-state index contributed by atoms with van der Waals surface area (Å²) in [4.78, 5) is 27.1. The van der Waals surface area contributed by atoms with Crippen LogP contribution >= 0.6 is 0 Å². The van der Waals surface area contributed by atoms with Crippen LogP contribution in [0.5, 0.6) is 11.5 Å². The number of methoxy groups -OCH3 is 1. The lowest BCUT2D eigenvalue weighted by Gasteiger charge is -2.32. The zero-order chi connectivity index (χ0) is 27.4. The third-order valence-corrected chi connectivity index (χ3v) is 6.42. The molecule has 1 aliphatic rings. The maximum Gasteiger partial charge on any atom is 0.324 e. The minimum absolute atomic E-state index is 0.0489. The van der Waals surface area contributed by atoms with Crippen molar-refractivity contribution >= 4 is 23.4 Å². The average Bonchev–Trinajstić information content (AvgIpc) is 3.24. The zero-order valence-corrected chi connectivity index (χ0v) is 22.4. The summed E-state index contributed by atoms with van der Waals surface area (Å²) >= 11 is 0. The van der Waals surface area contributed by atoms with Crippen LogP contribution in [0.25, 0.3) is 0 Å². The molecule has 4 rings (SSSR count). The highest BCUT2D eigenvalue weighted by Crippen LogP contribution is 2.27. The van der Waals surface area contributed by atoms with Crippen molar-refractivity contribution in [3.8, 4) is 11.5 Å². The van der Waals surface area contributed by atoms with E-state index in [1.54, 1.807) is 40.9 Å². The largest absolute Gasteiger partial charge is 0.496 e. The van der Waals surface area contributed by atoms with Crippen LogP contribution in [0.3, 0.4) is 0 Å². The fourth-order valence-electron chi connectivity index (χ4n) is 4.29. The number of piperidine rings is 1. The van der Waals surface area contributed by atoms with E-state index >= 15 is 0 Å². The maximum absolute atomic E-state index is 14.3. The van der Waals surface area contributed by atoms with Crippen molar-refractivity contribution in [3.63, 3.8) is 0 Å². The summed E-state index contributed by atoms with van der Waals surface area (Å²) in [6, 6.07) is 13.0. The van der Waals surface area contributed by atoms with E-state index in [1.807, 2.05) is 12.1 Å². The van der Waals surface area contributed by atoms with E-state index in [0.717, 1.165) is 5.69 Å². The van der Waals surface area contributed by atoms with E-state index in [0.29, 0.717) is 43.2 Å². The number of halogens is 1. The van der Waals surface area contributed by atoms with Crippen LogP contribution < -0.4 is 20.1 Å². The first-order valence-corrected chi connectivity index (χ1v) is 12.6. The van der Waals surface area contributed by atoms with Crippen LogP contribution in [-0.2, 0) is 12.5 Å². The van der Waals surface area contributed by atoms with Gasteiger partial charge in [-0.15, -0.1) is 0 Å². The fraction of sp³-hybridized carbons (Fsp3) is 0.393. The molecule has 0 saturated carbocycles. The number of aromatic nitrogens is 2. The first-order chi connectivity index (χ1) is 18.0. The molecular formula is C28H34FN5O4. The molecule has 38 heavy (non-hydrogen) atoms. The van der Waals surface area contributed by atoms with Crippen LogP contribution in [0.15, 0.2) is 48.5 Å². The van der Waals surface area contributed by atoms with Crippen LogP contribution in [0.1, 0.15) is 49.7 Å². The van der Waals surface area contributed by atoms with E-state index in [1.165, 1.54) is 19.2 Å². The summed E-state index contributed by atoms with van der Waals surface area (Å²) < 4.78 is 27.3. The Hall–Kier alpha value is -4.08. The normalized spacial score (nSPS) is 14.2. The Labute approximate surface area is 221 Å².